The van der Waals surface area contributed by atoms with Crippen molar-refractivity contribution < 1.29 is 38.9 Å². The molecule has 0 aromatic rings. The number of carboxylic acids is 2. The van der Waals surface area contributed by atoms with Crippen molar-refractivity contribution in [1.29, 1.82) is 0 Å². The van der Waals surface area contributed by atoms with Gasteiger partial charge in [-0.2, -0.15) is 0 Å². The zero-order valence-electron chi connectivity index (χ0n) is 10.6. The number of esters is 2. The van der Waals surface area contributed by atoms with E-state index >= 15 is 0 Å². The van der Waals surface area contributed by atoms with Crippen LogP contribution in [0.2, 0.25) is 0 Å². The molecule has 2 heterocycles. The van der Waals surface area contributed by atoms with Gasteiger partial charge >= 0.3 is 23.9 Å². The van der Waals surface area contributed by atoms with Gasteiger partial charge in [0.25, 0.3) is 0 Å². The summed E-state index contributed by atoms with van der Waals surface area (Å²) >= 11 is 0. The van der Waals surface area contributed by atoms with E-state index in [1.54, 1.807) is 0 Å². The van der Waals surface area contributed by atoms with Gasteiger partial charge in [-0.05, 0) is 0 Å². The smallest absolute Gasteiger partial charge is 0.414 e. The molecule has 0 unspecified atom stereocenters. The molecule has 10 heteroatoms. The summed E-state index contributed by atoms with van der Waals surface area (Å²) in [5.41, 5.74) is 0. The van der Waals surface area contributed by atoms with Crippen molar-refractivity contribution in [1.82, 2.24) is 10.6 Å². The van der Waals surface area contributed by atoms with Crippen LogP contribution < -0.4 is 10.6 Å². The van der Waals surface area contributed by atoms with Gasteiger partial charge in [0.1, 0.15) is 13.2 Å². The molecule has 0 aromatic carbocycles. The van der Waals surface area contributed by atoms with Gasteiger partial charge in [-0.25, -0.2) is 9.59 Å². The Morgan fingerprint density at radius 1 is 0.850 bits per heavy atom. The van der Waals surface area contributed by atoms with Gasteiger partial charge in [-0.15, -0.1) is 0 Å². The first-order valence-corrected chi connectivity index (χ1v) is 5.62. The number of carbonyl (C=O) groups is 4. The number of carbonyl (C=O) groups excluding carboxylic acids is 2. The molecule has 0 saturated carbocycles. The predicted molar refractivity (Wildman–Crippen MR) is 62.9 cm³/mol. The fourth-order valence-corrected chi connectivity index (χ4v) is 0.957. The lowest BCUT2D eigenvalue weighted by Crippen LogP contribution is -2.34. The first-order chi connectivity index (χ1) is 9.43. The van der Waals surface area contributed by atoms with E-state index in [0.29, 0.717) is 26.3 Å². The molecule has 2 aliphatic heterocycles. The van der Waals surface area contributed by atoms with Crippen LogP contribution in [-0.4, -0.2) is 73.5 Å². The van der Waals surface area contributed by atoms with Gasteiger partial charge in [0, 0.05) is 13.1 Å². The van der Waals surface area contributed by atoms with Gasteiger partial charge < -0.3 is 30.3 Å². The number of cyclic esters (lactones) is 2. The first-order valence-electron chi connectivity index (χ1n) is 5.62. The standard InChI is InChI=1S/2C4H7NO2.C2H2O4/c2*6-4-3-5-1-2-7-4;3-1(4)2(5)6/h2*5H,1-3H2;(H,3,4)(H,5,6). The van der Waals surface area contributed by atoms with Gasteiger partial charge in [0.15, 0.2) is 0 Å². The summed E-state index contributed by atoms with van der Waals surface area (Å²) in [5.74, 6) is -3.94. The maximum atomic E-state index is 10.2. The number of ether oxygens (including phenoxy) is 2. The van der Waals surface area contributed by atoms with Crippen LogP contribution in [0.4, 0.5) is 0 Å². The second-order valence-corrected chi connectivity index (χ2v) is 3.40. The Labute approximate surface area is 114 Å². The Kier molecular flexibility index (Phi) is 9.52. The average molecular weight is 292 g/mol. The molecule has 0 bridgehead atoms. The maximum Gasteiger partial charge on any atom is 0.414 e. The SMILES string of the molecule is O=C(O)C(=O)O.O=C1CNCCO1.O=C1CNCCO1. The summed E-state index contributed by atoms with van der Waals surface area (Å²) in [7, 11) is 0. The van der Waals surface area contributed by atoms with E-state index in [9.17, 15) is 9.59 Å². The third-order valence-electron chi connectivity index (χ3n) is 1.81. The van der Waals surface area contributed by atoms with E-state index in [1.807, 2.05) is 0 Å². The molecule has 0 aliphatic carbocycles. The van der Waals surface area contributed by atoms with Crippen molar-refractivity contribution in [2.75, 3.05) is 39.4 Å². The van der Waals surface area contributed by atoms with Crippen LogP contribution in [0.5, 0.6) is 0 Å². The van der Waals surface area contributed by atoms with E-state index in [4.69, 9.17) is 19.8 Å². The molecule has 2 saturated heterocycles. The summed E-state index contributed by atoms with van der Waals surface area (Å²) in [6.07, 6.45) is 0. The van der Waals surface area contributed by atoms with Crippen molar-refractivity contribution in [3.05, 3.63) is 0 Å². The Hall–Kier alpha value is -2.20. The van der Waals surface area contributed by atoms with E-state index < -0.39 is 11.9 Å². The van der Waals surface area contributed by atoms with E-state index in [0.717, 1.165) is 13.1 Å². The third kappa shape index (κ3) is 10.9. The quantitative estimate of drug-likeness (QED) is 0.277. The van der Waals surface area contributed by atoms with Gasteiger partial charge in [-0.3, -0.25) is 9.59 Å². The monoisotopic (exact) mass is 292 g/mol. The van der Waals surface area contributed by atoms with E-state index in [1.165, 1.54) is 0 Å². The maximum absolute atomic E-state index is 10.2. The number of morpholine rings is 2. The molecule has 2 aliphatic rings. The zero-order chi connectivity index (χ0) is 15.4. The predicted octanol–water partition coefficient (Wildman–Crippen LogP) is -2.58. The number of carboxylic acid groups (broad SMARTS) is 2. The van der Waals surface area contributed by atoms with Crippen LogP contribution in [0.3, 0.4) is 0 Å². The molecule has 0 aromatic heterocycles. The fraction of sp³-hybridized carbons (Fsp3) is 0.600. The second-order valence-electron chi connectivity index (χ2n) is 3.40. The summed E-state index contributed by atoms with van der Waals surface area (Å²) in [6.45, 7) is 3.40. The average Bonchev–Trinajstić information content (AvgIpc) is 2.42. The van der Waals surface area contributed by atoms with E-state index in [2.05, 4.69) is 20.1 Å². The Balaban J connectivity index is 0.000000272. The minimum atomic E-state index is -1.82. The molecule has 0 radical (unpaired) electrons. The van der Waals surface area contributed by atoms with Crippen molar-refractivity contribution in [3.63, 3.8) is 0 Å². The Bertz CT molecular complexity index is 307. The van der Waals surface area contributed by atoms with Gasteiger partial charge in [0.05, 0.1) is 13.1 Å². The van der Waals surface area contributed by atoms with Gasteiger partial charge in [-0.1, -0.05) is 0 Å². The summed E-state index contributed by atoms with van der Waals surface area (Å²) in [6, 6.07) is 0. The molecule has 0 amide bonds. The van der Waals surface area contributed by atoms with Gasteiger partial charge in [0.2, 0.25) is 0 Å². The second kappa shape index (κ2) is 10.7. The minimum absolute atomic E-state index is 0.147. The molecule has 114 valence electrons. The van der Waals surface area contributed by atoms with Crippen molar-refractivity contribution in [2.24, 2.45) is 0 Å². The van der Waals surface area contributed by atoms with Crippen LogP contribution in [-0.2, 0) is 28.7 Å². The van der Waals surface area contributed by atoms with Crippen molar-refractivity contribution in [3.8, 4) is 0 Å². The zero-order valence-corrected chi connectivity index (χ0v) is 10.6. The number of rotatable bonds is 0. The fourth-order valence-electron chi connectivity index (χ4n) is 0.957. The highest BCUT2D eigenvalue weighted by molar-refractivity contribution is 6.27. The van der Waals surface area contributed by atoms with Crippen LogP contribution in [0, 0.1) is 0 Å². The highest BCUT2D eigenvalue weighted by atomic mass is 16.5. The van der Waals surface area contributed by atoms with Crippen molar-refractivity contribution in [2.45, 2.75) is 0 Å². The summed E-state index contributed by atoms with van der Waals surface area (Å²) in [5, 5.41) is 20.5. The molecular weight excluding hydrogens is 276 g/mol. The molecule has 2 rings (SSSR count). The number of nitrogens with one attached hydrogen (secondary N) is 2. The topological polar surface area (TPSA) is 151 Å². The first kappa shape index (κ1) is 17.8. The third-order valence-corrected chi connectivity index (χ3v) is 1.81. The normalized spacial score (nSPS) is 17.2. The highest BCUT2D eigenvalue weighted by Gasteiger charge is 2.06. The number of hydrogen-bond acceptors (Lipinski definition) is 8. The molecule has 2 fully saturated rings. The van der Waals surface area contributed by atoms with E-state index in [-0.39, 0.29) is 11.9 Å². The lowest BCUT2D eigenvalue weighted by Gasteiger charge is -2.10. The van der Waals surface area contributed by atoms with Crippen LogP contribution >= 0.6 is 0 Å². The molecular formula is C10H16N2O8. The van der Waals surface area contributed by atoms with Crippen molar-refractivity contribution >= 4 is 23.9 Å². The van der Waals surface area contributed by atoms with Crippen LogP contribution in [0.25, 0.3) is 0 Å². The lowest BCUT2D eigenvalue weighted by molar-refractivity contribution is -0.159. The van der Waals surface area contributed by atoms with Crippen LogP contribution in [0.1, 0.15) is 0 Å². The Morgan fingerprint density at radius 3 is 1.30 bits per heavy atom. The summed E-state index contributed by atoms with van der Waals surface area (Å²) < 4.78 is 9.15. The number of hydrogen-bond donors (Lipinski definition) is 4. The molecule has 4 N–H and O–H groups in total. The molecule has 20 heavy (non-hydrogen) atoms. The summed E-state index contributed by atoms with van der Waals surface area (Å²) in [4.78, 5) is 38.6. The Morgan fingerprint density at radius 2 is 1.20 bits per heavy atom. The highest BCUT2D eigenvalue weighted by Crippen LogP contribution is 1.81. The molecule has 0 atom stereocenters. The lowest BCUT2D eigenvalue weighted by atomic mass is 10.5. The molecule has 10 nitrogen and oxygen atoms in total. The largest absolute Gasteiger partial charge is 0.473 e. The van der Waals surface area contributed by atoms with Crippen LogP contribution in [0.15, 0.2) is 0 Å². The minimum Gasteiger partial charge on any atom is -0.473 e. The molecule has 0 spiro atoms. The number of aliphatic carboxylic acids is 2.